The molecule has 0 N–H and O–H groups in total. The number of methoxy groups -OCH3 is 1. The topological polar surface area (TPSA) is 9.23 Å². The molecular formula is C21H18O. The summed E-state index contributed by atoms with van der Waals surface area (Å²) >= 11 is 0. The Morgan fingerprint density at radius 1 is 0.955 bits per heavy atom. The summed E-state index contributed by atoms with van der Waals surface area (Å²) in [5, 5.41) is 0. The lowest BCUT2D eigenvalue weighted by molar-refractivity contribution is 0.414. The van der Waals surface area contributed by atoms with Gasteiger partial charge in [-0.15, -0.1) is 0 Å². The van der Waals surface area contributed by atoms with Gasteiger partial charge in [-0.2, -0.15) is 0 Å². The molecule has 1 nitrogen and oxygen atoms in total. The second-order valence-corrected chi connectivity index (χ2v) is 5.77. The van der Waals surface area contributed by atoms with Crippen LogP contribution < -0.4 is 4.74 Å². The summed E-state index contributed by atoms with van der Waals surface area (Å²) in [6, 6.07) is 19.2. The fraction of sp³-hybridized carbons (Fsp3) is 0.143. The molecule has 0 amide bonds. The van der Waals surface area contributed by atoms with Crippen LogP contribution in [0.4, 0.5) is 0 Å². The standard InChI is InChI=1S/C21H18O/c1-22-17-12-10-16(11-13-17)21-14-20(15-6-3-2-4-7-15)18-8-5-9-19(18)21/h2-13,21H,14H2,1H3. The molecule has 1 atom stereocenters. The van der Waals surface area contributed by atoms with E-state index in [1.54, 1.807) is 7.11 Å². The van der Waals surface area contributed by atoms with E-state index < -0.39 is 0 Å². The first-order chi connectivity index (χ1) is 10.9. The summed E-state index contributed by atoms with van der Waals surface area (Å²) in [7, 11) is 1.71. The normalized spacial score (nSPS) is 19.3. The van der Waals surface area contributed by atoms with Crippen LogP contribution in [-0.4, -0.2) is 7.11 Å². The maximum atomic E-state index is 5.27. The second kappa shape index (κ2) is 5.34. The van der Waals surface area contributed by atoms with Gasteiger partial charge in [0.1, 0.15) is 5.75 Å². The summed E-state index contributed by atoms with van der Waals surface area (Å²) in [4.78, 5) is 0. The van der Waals surface area contributed by atoms with Crippen LogP contribution in [0.25, 0.3) is 5.57 Å². The van der Waals surface area contributed by atoms with Crippen molar-refractivity contribution < 1.29 is 4.74 Å². The Balaban J connectivity index is 1.71. The maximum absolute atomic E-state index is 5.27. The summed E-state index contributed by atoms with van der Waals surface area (Å²) in [6.07, 6.45) is 7.76. The molecule has 0 aromatic heterocycles. The number of rotatable bonds is 3. The molecule has 2 aromatic rings. The number of allylic oxidation sites excluding steroid dienone is 6. The monoisotopic (exact) mass is 286 g/mol. The SMILES string of the molecule is COc1ccc(C2CC(c3ccccc3)=C3C=CC=C32)cc1. The molecule has 0 aliphatic heterocycles. The molecule has 2 aliphatic rings. The summed E-state index contributed by atoms with van der Waals surface area (Å²) in [5.74, 6) is 1.36. The second-order valence-electron chi connectivity index (χ2n) is 5.77. The largest absolute Gasteiger partial charge is 0.497 e. The van der Waals surface area contributed by atoms with Gasteiger partial charge in [-0.1, -0.05) is 60.7 Å². The molecule has 22 heavy (non-hydrogen) atoms. The Morgan fingerprint density at radius 3 is 2.45 bits per heavy atom. The Bertz CT molecular complexity index is 776. The third kappa shape index (κ3) is 2.10. The van der Waals surface area contributed by atoms with Gasteiger partial charge >= 0.3 is 0 Å². The van der Waals surface area contributed by atoms with E-state index in [-0.39, 0.29) is 0 Å². The highest BCUT2D eigenvalue weighted by molar-refractivity contribution is 5.82. The molecule has 0 fully saturated rings. The molecule has 0 heterocycles. The number of benzene rings is 2. The van der Waals surface area contributed by atoms with Crippen LogP contribution in [0.15, 0.2) is 84.0 Å². The van der Waals surface area contributed by atoms with Crippen LogP contribution in [0.5, 0.6) is 5.75 Å². The molecule has 0 spiro atoms. The van der Waals surface area contributed by atoms with Crippen molar-refractivity contribution in [1.29, 1.82) is 0 Å². The van der Waals surface area contributed by atoms with Gasteiger partial charge < -0.3 is 4.74 Å². The lowest BCUT2D eigenvalue weighted by Gasteiger charge is -2.13. The van der Waals surface area contributed by atoms with E-state index in [4.69, 9.17) is 4.74 Å². The minimum Gasteiger partial charge on any atom is -0.497 e. The van der Waals surface area contributed by atoms with Gasteiger partial charge in [-0.25, -0.2) is 0 Å². The van der Waals surface area contributed by atoms with Crippen LogP contribution >= 0.6 is 0 Å². The van der Waals surface area contributed by atoms with Crippen molar-refractivity contribution >= 4 is 5.57 Å². The third-order valence-electron chi connectivity index (χ3n) is 4.60. The zero-order valence-corrected chi connectivity index (χ0v) is 12.6. The smallest absolute Gasteiger partial charge is 0.118 e. The van der Waals surface area contributed by atoms with E-state index in [1.807, 2.05) is 0 Å². The van der Waals surface area contributed by atoms with Gasteiger partial charge in [-0.05, 0) is 46.4 Å². The quantitative estimate of drug-likeness (QED) is 0.759. The van der Waals surface area contributed by atoms with E-state index in [9.17, 15) is 0 Å². The molecule has 1 unspecified atom stereocenters. The fourth-order valence-electron chi connectivity index (χ4n) is 3.48. The molecular weight excluding hydrogens is 268 g/mol. The number of ether oxygens (including phenoxy) is 1. The molecule has 108 valence electrons. The highest BCUT2D eigenvalue weighted by Gasteiger charge is 2.31. The Kier molecular flexibility index (Phi) is 3.19. The summed E-state index contributed by atoms with van der Waals surface area (Å²) in [5.41, 5.74) is 7.02. The summed E-state index contributed by atoms with van der Waals surface area (Å²) < 4.78 is 5.27. The Hall–Kier alpha value is -2.54. The molecule has 2 aromatic carbocycles. The molecule has 0 saturated carbocycles. The van der Waals surface area contributed by atoms with Gasteiger partial charge in [0.15, 0.2) is 0 Å². The van der Waals surface area contributed by atoms with E-state index in [2.05, 4.69) is 72.8 Å². The lowest BCUT2D eigenvalue weighted by Crippen LogP contribution is -1.97. The first-order valence-corrected chi connectivity index (χ1v) is 7.68. The van der Waals surface area contributed by atoms with Crippen LogP contribution in [0, 0.1) is 0 Å². The first kappa shape index (κ1) is 13.1. The molecule has 0 saturated heterocycles. The van der Waals surface area contributed by atoms with E-state index in [0.29, 0.717) is 5.92 Å². The fourth-order valence-corrected chi connectivity index (χ4v) is 3.48. The summed E-state index contributed by atoms with van der Waals surface area (Å²) in [6.45, 7) is 0. The molecule has 0 radical (unpaired) electrons. The van der Waals surface area contributed by atoms with Crippen molar-refractivity contribution in [1.82, 2.24) is 0 Å². The maximum Gasteiger partial charge on any atom is 0.118 e. The Labute approximate surface area is 131 Å². The van der Waals surface area contributed by atoms with Crippen LogP contribution in [0.1, 0.15) is 23.5 Å². The highest BCUT2D eigenvalue weighted by atomic mass is 16.5. The predicted octanol–water partition coefficient (Wildman–Crippen LogP) is 5.13. The van der Waals surface area contributed by atoms with Gasteiger partial charge in [-0.3, -0.25) is 0 Å². The van der Waals surface area contributed by atoms with Crippen molar-refractivity contribution in [2.45, 2.75) is 12.3 Å². The van der Waals surface area contributed by atoms with Crippen LogP contribution in [0.2, 0.25) is 0 Å². The zero-order chi connectivity index (χ0) is 14.9. The van der Waals surface area contributed by atoms with Crippen molar-refractivity contribution in [3.63, 3.8) is 0 Å². The van der Waals surface area contributed by atoms with Crippen molar-refractivity contribution in [2.75, 3.05) is 7.11 Å². The van der Waals surface area contributed by atoms with Crippen molar-refractivity contribution in [3.8, 4) is 5.75 Å². The average molecular weight is 286 g/mol. The van der Waals surface area contributed by atoms with Crippen molar-refractivity contribution in [3.05, 3.63) is 95.1 Å². The molecule has 1 heteroatoms. The molecule has 4 rings (SSSR count). The van der Waals surface area contributed by atoms with Gasteiger partial charge in [0.05, 0.1) is 7.11 Å². The molecule has 0 bridgehead atoms. The van der Waals surface area contributed by atoms with E-state index in [0.717, 1.165) is 12.2 Å². The Morgan fingerprint density at radius 2 is 1.73 bits per heavy atom. The minimum atomic E-state index is 0.450. The van der Waals surface area contributed by atoms with Crippen molar-refractivity contribution in [2.24, 2.45) is 0 Å². The van der Waals surface area contributed by atoms with Crippen LogP contribution in [0.3, 0.4) is 0 Å². The third-order valence-corrected chi connectivity index (χ3v) is 4.60. The lowest BCUT2D eigenvalue weighted by atomic mass is 9.91. The van der Waals surface area contributed by atoms with Gasteiger partial charge in [0, 0.05) is 5.92 Å². The predicted molar refractivity (Wildman–Crippen MR) is 90.9 cm³/mol. The van der Waals surface area contributed by atoms with Gasteiger partial charge in [0.2, 0.25) is 0 Å². The van der Waals surface area contributed by atoms with E-state index >= 15 is 0 Å². The molecule has 2 aliphatic carbocycles. The highest BCUT2D eigenvalue weighted by Crippen LogP contribution is 2.49. The minimum absolute atomic E-state index is 0.450. The van der Waals surface area contributed by atoms with Crippen LogP contribution in [-0.2, 0) is 0 Å². The number of fused-ring (bicyclic) bond motifs is 1. The first-order valence-electron chi connectivity index (χ1n) is 7.68. The zero-order valence-electron chi connectivity index (χ0n) is 12.6. The van der Waals surface area contributed by atoms with Gasteiger partial charge in [0.25, 0.3) is 0 Å². The average Bonchev–Trinajstić information content (AvgIpc) is 3.18. The number of hydrogen-bond acceptors (Lipinski definition) is 1. The van der Waals surface area contributed by atoms with E-state index in [1.165, 1.54) is 27.8 Å². The number of hydrogen-bond donors (Lipinski definition) is 0.